The average molecular weight is 380 g/mol. The molecule has 0 bridgehead atoms. The van der Waals surface area contributed by atoms with Gasteiger partial charge in [-0.1, -0.05) is 12.1 Å². The minimum Gasteiger partial charge on any atom is -0.481 e. The number of halogens is 1. The topological polar surface area (TPSA) is 88.5 Å². The summed E-state index contributed by atoms with van der Waals surface area (Å²) in [7, 11) is 0. The number of alkyl carbamates (subject to hydrolysis) is 1. The van der Waals surface area contributed by atoms with Gasteiger partial charge < -0.3 is 15.2 Å². The van der Waals surface area contributed by atoms with Crippen molar-refractivity contribution in [3.05, 3.63) is 52.2 Å². The van der Waals surface area contributed by atoms with Crippen molar-refractivity contribution in [2.45, 2.75) is 38.2 Å². The van der Waals surface area contributed by atoms with E-state index in [0.29, 0.717) is 11.3 Å². The third-order valence-corrected chi connectivity index (χ3v) is 4.34. The number of ether oxygens (including phenoxy) is 1. The standard InChI is InChI=1S/C18H21FN2O4S/c1-17(2,3)25-16(24)20-10-18(15(22)23,8-14-9-26-11-21-14)12-4-6-13(19)7-5-12/h4-7,9,11H,8,10H2,1-3H3,(H,20,24)(H,22,23). The Hall–Kier alpha value is -2.48. The van der Waals surface area contributed by atoms with Crippen LogP contribution in [0.25, 0.3) is 0 Å². The van der Waals surface area contributed by atoms with Crippen LogP contribution >= 0.6 is 11.3 Å². The molecular formula is C18H21FN2O4S. The first-order chi connectivity index (χ1) is 12.1. The first kappa shape index (κ1) is 19.8. The molecule has 0 fully saturated rings. The molecule has 140 valence electrons. The summed E-state index contributed by atoms with van der Waals surface area (Å²) in [5, 5.41) is 14.3. The summed E-state index contributed by atoms with van der Waals surface area (Å²) in [5.41, 5.74) is 0.344. The number of hydrogen-bond acceptors (Lipinski definition) is 5. The first-order valence-electron chi connectivity index (χ1n) is 7.96. The summed E-state index contributed by atoms with van der Waals surface area (Å²) in [6.45, 7) is 4.92. The van der Waals surface area contributed by atoms with Crippen LogP contribution in [-0.4, -0.2) is 34.3 Å². The van der Waals surface area contributed by atoms with Crippen molar-refractivity contribution in [2.24, 2.45) is 0 Å². The van der Waals surface area contributed by atoms with Gasteiger partial charge in [0, 0.05) is 18.3 Å². The fourth-order valence-electron chi connectivity index (χ4n) is 2.48. The highest BCUT2D eigenvalue weighted by atomic mass is 32.1. The Balaban J connectivity index is 2.34. The Morgan fingerprint density at radius 1 is 1.27 bits per heavy atom. The van der Waals surface area contributed by atoms with E-state index in [1.807, 2.05) is 0 Å². The van der Waals surface area contributed by atoms with Crippen LogP contribution in [0, 0.1) is 5.82 Å². The lowest BCUT2D eigenvalue weighted by Gasteiger charge is -2.30. The molecule has 1 aromatic heterocycles. The van der Waals surface area contributed by atoms with Crippen LogP contribution in [0.15, 0.2) is 35.2 Å². The second kappa shape index (κ2) is 7.82. The summed E-state index contributed by atoms with van der Waals surface area (Å²) in [6.07, 6.45) is -0.670. The largest absolute Gasteiger partial charge is 0.481 e. The van der Waals surface area contributed by atoms with E-state index in [1.54, 1.807) is 31.7 Å². The third-order valence-electron chi connectivity index (χ3n) is 3.71. The van der Waals surface area contributed by atoms with E-state index in [1.165, 1.54) is 35.6 Å². The molecule has 1 atom stereocenters. The molecule has 2 aromatic rings. The number of carboxylic acids is 1. The quantitative estimate of drug-likeness (QED) is 0.802. The Kier molecular flexibility index (Phi) is 5.97. The molecule has 1 aromatic carbocycles. The van der Waals surface area contributed by atoms with E-state index in [9.17, 15) is 19.1 Å². The zero-order chi connectivity index (χ0) is 19.4. The van der Waals surface area contributed by atoms with Gasteiger partial charge in [-0.25, -0.2) is 14.2 Å². The van der Waals surface area contributed by atoms with Gasteiger partial charge in [-0.15, -0.1) is 11.3 Å². The van der Waals surface area contributed by atoms with Gasteiger partial charge in [0.25, 0.3) is 0 Å². The van der Waals surface area contributed by atoms with Crippen LogP contribution in [0.2, 0.25) is 0 Å². The number of nitrogens with one attached hydrogen (secondary N) is 1. The fraction of sp³-hybridized carbons (Fsp3) is 0.389. The van der Waals surface area contributed by atoms with E-state index in [4.69, 9.17) is 4.74 Å². The maximum absolute atomic E-state index is 13.3. The number of aromatic nitrogens is 1. The van der Waals surface area contributed by atoms with Crippen molar-refractivity contribution in [3.8, 4) is 0 Å². The molecule has 0 saturated heterocycles. The number of rotatable bonds is 6. The summed E-state index contributed by atoms with van der Waals surface area (Å²) in [4.78, 5) is 28.4. The van der Waals surface area contributed by atoms with Crippen molar-refractivity contribution in [1.82, 2.24) is 10.3 Å². The number of amides is 1. The average Bonchev–Trinajstić information content (AvgIpc) is 3.03. The van der Waals surface area contributed by atoms with Gasteiger partial charge in [-0.2, -0.15) is 0 Å². The number of aliphatic carboxylic acids is 1. The van der Waals surface area contributed by atoms with Crippen molar-refractivity contribution in [1.29, 1.82) is 0 Å². The van der Waals surface area contributed by atoms with Gasteiger partial charge >= 0.3 is 12.1 Å². The second-order valence-electron chi connectivity index (χ2n) is 6.91. The van der Waals surface area contributed by atoms with Crippen LogP contribution in [0.4, 0.5) is 9.18 Å². The Morgan fingerprint density at radius 3 is 2.42 bits per heavy atom. The molecule has 2 N–H and O–H groups in total. The number of carboxylic acid groups (broad SMARTS) is 1. The highest BCUT2D eigenvalue weighted by Crippen LogP contribution is 2.29. The molecule has 0 aliphatic heterocycles. The predicted molar refractivity (Wildman–Crippen MR) is 95.8 cm³/mol. The first-order valence-corrected chi connectivity index (χ1v) is 8.90. The van der Waals surface area contributed by atoms with Gasteiger partial charge in [0.2, 0.25) is 0 Å². The molecule has 0 saturated carbocycles. The van der Waals surface area contributed by atoms with E-state index >= 15 is 0 Å². The molecule has 1 heterocycles. The van der Waals surface area contributed by atoms with Crippen molar-refractivity contribution >= 4 is 23.4 Å². The van der Waals surface area contributed by atoms with E-state index in [-0.39, 0.29) is 13.0 Å². The number of hydrogen-bond donors (Lipinski definition) is 2. The van der Waals surface area contributed by atoms with Crippen LogP contribution in [0.1, 0.15) is 32.0 Å². The van der Waals surface area contributed by atoms with Gasteiger partial charge in [0.1, 0.15) is 16.8 Å². The Bertz CT molecular complexity index is 756. The molecule has 0 aliphatic rings. The number of thiazole rings is 1. The van der Waals surface area contributed by atoms with Gasteiger partial charge in [0.05, 0.1) is 11.2 Å². The summed E-state index contributed by atoms with van der Waals surface area (Å²) < 4.78 is 18.5. The van der Waals surface area contributed by atoms with E-state index in [2.05, 4.69) is 10.3 Å². The summed E-state index contributed by atoms with van der Waals surface area (Å²) in [5.74, 6) is -1.62. The minimum absolute atomic E-state index is 0.0489. The molecule has 6 nitrogen and oxygen atoms in total. The zero-order valence-corrected chi connectivity index (χ0v) is 15.6. The van der Waals surface area contributed by atoms with Crippen LogP contribution in [0.5, 0.6) is 0 Å². The number of carbonyl (C=O) groups is 2. The number of nitrogens with zero attached hydrogens (tertiary/aromatic N) is 1. The molecule has 8 heteroatoms. The minimum atomic E-state index is -1.50. The van der Waals surface area contributed by atoms with Gasteiger partial charge in [-0.05, 0) is 38.5 Å². The lowest BCUT2D eigenvalue weighted by atomic mass is 9.76. The van der Waals surface area contributed by atoms with Crippen LogP contribution in [0.3, 0.4) is 0 Å². The second-order valence-corrected chi connectivity index (χ2v) is 7.62. The monoisotopic (exact) mass is 380 g/mol. The predicted octanol–water partition coefficient (Wildman–Crippen LogP) is 3.37. The highest BCUT2D eigenvalue weighted by molar-refractivity contribution is 7.07. The lowest BCUT2D eigenvalue weighted by molar-refractivity contribution is -0.143. The molecular weight excluding hydrogens is 359 g/mol. The lowest BCUT2D eigenvalue weighted by Crippen LogP contribution is -2.49. The fourth-order valence-corrected chi connectivity index (χ4v) is 3.04. The smallest absolute Gasteiger partial charge is 0.407 e. The maximum atomic E-state index is 13.3. The molecule has 26 heavy (non-hydrogen) atoms. The molecule has 0 spiro atoms. The van der Waals surface area contributed by atoms with E-state index < -0.39 is 28.9 Å². The van der Waals surface area contributed by atoms with Crippen molar-refractivity contribution in [2.75, 3.05) is 6.54 Å². The highest BCUT2D eigenvalue weighted by Gasteiger charge is 2.42. The van der Waals surface area contributed by atoms with Gasteiger partial charge in [0.15, 0.2) is 0 Å². The van der Waals surface area contributed by atoms with Gasteiger partial charge in [-0.3, -0.25) is 4.79 Å². The van der Waals surface area contributed by atoms with E-state index in [0.717, 1.165) is 0 Å². The summed E-state index contributed by atoms with van der Waals surface area (Å²) in [6, 6.07) is 5.21. The zero-order valence-electron chi connectivity index (χ0n) is 14.8. The third kappa shape index (κ3) is 5.01. The normalized spacial score (nSPS) is 13.7. The SMILES string of the molecule is CC(C)(C)OC(=O)NCC(Cc1cscn1)(C(=O)O)c1ccc(F)cc1. The van der Waals surface area contributed by atoms with Crippen LogP contribution in [-0.2, 0) is 21.4 Å². The molecule has 2 rings (SSSR count). The summed E-state index contributed by atoms with van der Waals surface area (Å²) >= 11 is 1.35. The Morgan fingerprint density at radius 2 is 1.92 bits per heavy atom. The number of carbonyl (C=O) groups excluding carboxylic acids is 1. The molecule has 1 unspecified atom stereocenters. The Labute approximate surface area is 155 Å². The van der Waals surface area contributed by atoms with Crippen molar-refractivity contribution < 1.29 is 23.8 Å². The van der Waals surface area contributed by atoms with Crippen molar-refractivity contribution in [3.63, 3.8) is 0 Å². The number of benzene rings is 1. The maximum Gasteiger partial charge on any atom is 0.407 e. The molecule has 1 amide bonds. The molecule has 0 aliphatic carbocycles. The van der Waals surface area contributed by atoms with Crippen LogP contribution < -0.4 is 5.32 Å². The molecule has 0 radical (unpaired) electrons.